The van der Waals surface area contributed by atoms with Crippen molar-refractivity contribution < 1.29 is 4.74 Å². The highest BCUT2D eigenvalue weighted by atomic mass is 35.5. The van der Waals surface area contributed by atoms with Gasteiger partial charge >= 0.3 is 0 Å². The average Bonchev–Trinajstić information content (AvgIpc) is 2.29. The van der Waals surface area contributed by atoms with Crippen LogP contribution in [-0.4, -0.2) is 26.7 Å². The molecule has 0 aliphatic carbocycles. The zero-order valence-electron chi connectivity index (χ0n) is 9.63. The van der Waals surface area contributed by atoms with E-state index in [2.05, 4.69) is 0 Å². The van der Waals surface area contributed by atoms with Crippen LogP contribution in [0.4, 0.5) is 5.69 Å². The molecule has 1 aromatic carbocycles. The fourth-order valence-electron chi connectivity index (χ4n) is 1.34. The van der Waals surface area contributed by atoms with E-state index in [4.69, 9.17) is 33.7 Å². The fourth-order valence-corrected chi connectivity index (χ4v) is 1.86. The highest BCUT2D eigenvalue weighted by Gasteiger charge is 2.14. The zero-order valence-corrected chi connectivity index (χ0v) is 11.1. The van der Waals surface area contributed by atoms with Gasteiger partial charge in [0.05, 0.1) is 22.8 Å². The molecule has 3 nitrogen and oxygen atoms in total. The number of rotatable bonds is 4. The highest BCUT2D eigenvalue weighted by molar-refractivity contribution is 6.36. The Morgan fingerprint density at radius 2 is 2.00 bits per heavy atom. The van der Waals surface area contributed by atoms with Crippen molar-refractivity contribution >= 4 is 28.9 Å². The van der Waals surface area contributed by atoms with Gasteiger partial charge in [-0.15, -0.1) is 0 Å². The lowest BCUT2D eigenvalue weighted by Crippen LogP contribution is -2.35. The van der Waals surface area contributed by atoms with Crippen molar-refractivity contribution in [3.05, 3.63) is 22.2 Å². The predicted octanol–water partition coefficient (Wildman–Crippen LogP) is 2.79. The molecule has 0 heterocycles. The maximum Gasteiger partial charge on any atom is 0.139 e. The number of nitrogens with zero attached hydrogens (tertiary/aromatic N) is 1. The van der Waals surface area contributed by atoms with Gasteiger partial charge in [0, 0.05) is 25.7 Å². The van der Waals surface area contributed by atoms with Gasteiger partial charge < -0.3 is 15.4 Å². The van der Waals surface area contributed by atoms with Crippen molar-refractivity contribution in [3.8, 4) is 5.75 Å². The van der Waals surface area contributed by atoms with Gasteiger partial charge in [-0.2, -0.15) is 0 Å². The molecule has 0 spiro atoms. The van der Waals surface area contributed by atoms with Gasteiger partial charge in [0.25, 0.3) is 0 Å². The molecule has 0 aliphatic heterocycles. The summed E-state index contributed by atoms with van der Waals surface area (Å²) in [5.41, 5.74) is 6.46. The molecule has 90 valence electrons. The van der Waals surface area contributed by atoms with E-state index in [9.17, 15) is 0 Å². The van der Waals surface area contributed by atoms with Crippen LogP contribution in [0.15, 0.2) is 12.1 Å². The maximum atomic E-state index is 6.15. The van der Waals surface area contributed by atoms with Gasteiger partial charge in [0.2, 0.25) is 0 Å². The van der Waals surface area contributed by atoms with Crippen molar-refractivity contribution in [3.63, 3.8) is 0 Å². The van der Waals surface area contributed by atoms with Crippen LogP contribution >= 0.6 is 23.2 Å². The zero-order chi connectivity index (χ0) is 12.3. The fraction of sp³-hybridized carbons (Fsp3) is 0.455. The number of halogens is 2. The van der Waals surface area contributed by atoms with Crippen LogP contribution in [-0.2, 0) is 0 Å². The quantitative estimate of drug-likeness (QED) is 0.907. The lowest BCUT2D eigenvalue weighted by atomic mass is 10.2. The van der Waals surface area contributed by atoms with Gasteiger partial charge in [-0.05, 0) is 13.0 Å². The Kier molecular flexibility index (Phi) is 4.71. The van der Waals surface area contributed by atoms with Crippen molar-refractivity contribution in [2.24, 2.45) is 5.73 Å². The second-order valence-corrected chi connectivity index (χ2v) is 4.45. The van der Waals surface area contributed by atoms with E-state index in [-0.39, 0.29) is 6.04 Å². The second kappa shape index (κ2) is 5.62. The third-order valence-electron chi connectivity index (χ3n) is 2.60. The molecule has 0 fully saturated rings. The van der Waals surface area contributed by atoms with E-state index in [1.807, 2.05) is 18.9 Å². The molecule has 1 aromatic rings. The maximum absolute atomic E-state index is 6.15. The Bertz CT molecular complexity index is 371. The molecule has 1 unspecified atom stereocenters. The van der Waals surface area contributed by atoms with Crippen molar-refractivity contribution in [2.45, 2.75) is 13.0 Å². The van der Waals surface area contributed by atoms with E-state index < -0.39 is 0 Å². The topological polar surface area (TPSA) is 38.5 Å². The van der Waals surface area contributed by atoms with E-state index in [1.165, 1.54) is 0 Å². The SMILES string of the molecule is COc1cc(Cl)c(N(C)C(C)CN)cc1Cl. The summed E-state index contributed by atoms with van der Waals surface area (Å²) in [6.07, 6.45) is 0. The van der Waals surface area contributed by atoms with Gasteiger partial charge in [-0.1, -0.05) is 23.2 Å². The summed E-state index contributed by atoms with van der Waals surface area (Å²) in [6.45, 7) is 2.57. The number of likely N-dealkylation sites (N-methyl/N-ethyl adjacent to an activating group) is 1. The summed E-state index contributed by atoms with van der Waals surface area (Å²) in [4.78, 5) is 1.99. The van der Waals surface area contributed by atoms with E-state index in [0.717, 1.165) is 5.69 Å². The molecule has 16 heavy (non-hydrogen) atoms. The molecule has 1 rings (SSSR count). The first kappa shape index (κ1) is 13.4. The predicted molar refractivity (Wildman–Crippen MR) is 69.9 cm³/mol. The number of anilines is 1. The monoisotopic (exact) mass is 262 g/mol. The van der Waals surface area contributed by atoms with Gasteiger partial charge in [0.1, 0.15) is 5.75 Å². The van der Waals surface area contributed by atoms with E-state index in [1.54, 1.807) is 19.2 Å². The molecule has 5 heteroatoms. The number of hydrogen-bond donors (Lipinski definition) is 1. The van der Waals surface area contributed by atoms with E-state index >= 15 is 0 Å². The Morgan fingerprint density at radius 3 is 2.50 bits per heavy atom. The van der Waals surface area contributed by atoms with E-state index in [0.29, 0.717) is 22.3 Å². The minimum absolute atomic E-state index is 0.196. The first-order chi connectivity index (χ1) is 7.51. The lowest BCUT2D eigenvalue weighted by Gasteiger charge is -2.27. The molecular formula is C11H16Cl2N2O. The Morgan fingerprint density at radius 1 is 1.38 bits per heavy atom. The summed E-state index contributed by atoms with van der Waals surface area (Å²) in [6, 6.07) is 3.69. The molecular weight excluding hydrogens is 247 g/mol. The smallest absolute Gasteiger partial charge is 0.139 e. The van der Waals surface area contributed by atoms with Crippen LogP contribution in [0.3, 0.4) is 0 Å². The number of methoxy groups -OCH3 is 1. The van der Waals surface area contributed by atoms with Crippen LogP contribution in [0, 0.1) is 0 Å². The van der Waals surface area contributed by atoms with Crippen molar-refractivity contribution in [1.82, 2.24) is 0 Å². The van der Waals surface area contributed by atoms with Gasteiger partial charge in [0.15, 0.2) is 0 Å². The summed E-state index contributed by atoms with van der Waals surface area (Å²) < 4.78 is 5.09. The Labute approximate surface area is 106 Å². The summed E-state index contributed by atoms with van der Waals surface area (Å²) in [5.74, 6) is 0.573. The second-order valence-electron chi connectivity index (χ2n) is 3.63. The number of benzene rings is 1. The largest absolute Gasteiger partial charge is 0.495 e. The molecule has 0 saturated carbocycles. The summed E-state index contributed by atoms with van der Waals surface area (Å²) in [7, 11) is 3.49. The average molecular weight is 263 g/mol. The standard InChI is InChI=1S/C11H16Cl2N2O/c1-7(6-14)15(2)10-4-9(13)11(16-3)5-8(10)12/h4-5,7H,6,14H2,1-3H3. The number of hydrogen-bond acceptors (Lipinski definition) is 3. The van der Waals surface area contributed by atoms with Crippen molar-refractivity contribution in [1.29, 1.82) is 0 Å². The summed E-state index contributed by atoms with van der Waals surface area (Å²) >= 11 is 12.2. The van der Waals surface area contributed by atoms with Gasteiger partial charge in [-0.3, -0.25) is 0 Å². The Hall–Kier alpha value is -0.640. The molecule has 0 bridgehead atoms. The number of ether oxygens (including phenoxy) is 1. The minimum atomic E-state index is 0.196. The lowest BCUT2D eigenvalue weighted by molar-refractivity contribution is 0.415. The van der Waals surface area contributed by atoms with Crippen molar-refractivity contribution in [2.75, 3.05) is 25.6 Å². The van der Waals surface area contributed by atoms with Gasteiger partial charge in [-0.25, -0.2) is 0 Å². The molecule has 1 atom stereocenters. The van der Waals surface area contributed by atoms with Crippen LogP contribution in [0.2, 0.25) is 10.0 Å². The minimum Gasteiger partial charge on any atom is -0.495 e. The first-order valence-corrected chi connectivity index (χ1v) is 5.72. The van der Waals surface area contributed by atoms with Crippen LogP contribution in [0.1, 0.15) is 6.92 Å². The molecule has 0 aliphatic rings. The molecule has 0 saturated heterocycles. The third-order valence-corrected chi connectivity index (χ3v) is 3.20. The van der Waals surface area contributed by atoms with Crippen LogP contribution in [0.5, 0.6) is 5.75 Å². The molecule has 0 amide bonds. The molecule has 2 N–H and O–H groups in total. The highest BCUT2D eigenvalue weighted by Crippen LogP contribution is 2.36. The Balaban J connectivity index is 3.10. The first-order valence-electron chi connectivity index (χ1n) is 4.97. The normalized spacial score (nSPS) is 12.4. The molecule has 0 aromatic heterocycles. The number of nitrogens with two attached hydrogens (primary N) is 1. The molecule has 0 radical (unpaired) electrons. The third kappa shape index (κ3) is 2.73. The summed E-state index contributed by atoms with van der Waals surface area (Å²) in [5, 5.41) is 1.14. The van der Waals surface area contributed by atoms with Crippen LogP contribution < -0.4 is 15.4 Å². The van der Waals surface area contributed by atoms with Crippen LogP contribution in [0.25, 0.3) is 0 Å².